The van der Waals surface area contributed by atoms with Gasteiger partial charge in [0.2, 0.25) is 0 Å². The maximum absolute atomic E-state index is 10.3. The number of hydrogen-bond donors (Lipinski definition) is 6. The van der Waals surface area contributed by atoms with Gasteiger partial charge in [-0.1, -0.05) is 32.9 Å². The first kappa shape index (κ1) is 24.3. The summed E-state index contributed by atoms with van der Waals surface area (Å²) in [6.07, 6.45) is 4.61. The Labute approximate surface area is 167 Å². The smallest absolute Gasteiger partial charge is 0.175 e. The number of H-pyrrole nitrogens is 1. The predicted molar refractivity (Wildman–Crippen MR) is 109 cm³/mol. The standard InChI is InChI=1S/C18H38N8O2/c1-17(2,11-15(21-19)22-20)9-7-13(27)5-6-14(28)8-10-18(3,4)12-16-23-25-26-24-16/h13-14,27-28H,5-12,19-20H2,1-4H3,(H,21,22)(H,23,24,25,26). The summed E-state index contributed by atoms with van der Waals surface area (Å²) in [6, 6.07) is 0. The third-order valence-electron chi connectivity index (χ3n) is 5.14. The Morgan fingerprint density at radius 2 is 1.64 bits per heavy atom. The Balaban J connectivity index is 2.27. The Morgan fingerprint density at radius 3 is 2.11 bits per heavy atom. The predicted octanol–water partition coefficient (Wildman–Crippen LogP) is 0.983. The van der Waals surface area contributed by atoms with Crippen LogP contribution in [0.1, 0.15) is 78.5 Å². The van der Waals surface area contributed by atoms with E-state index >= 15 is 0 Å². The molecule has 0 fully saturated rings. The lowest BCUT2D eigenvalue weighted by Crippen LogP contribution is -2.35. The molecule has 0 amide bonds. The van der Waals surface area contributed by atoms with E-state index in [9.17, 15) is 10.2 Å². The largest absolute Gasteiger partial charge is 0.393 e. The highest BCUT2D eigenvalue weighted by atomic mass is 16.3. The number of tetrazole rings is 1. The summed E-state index contributed by atoms with van der Waals surface area (Å²) >= 11 is 0. The molecule has 0 saturated heterocycles. The van der Waals surface area contributed by atoms with Gasteiger partial charge in [0.05, 0.1) is 12.2 Å². The number of rotatable bonds is 13. The Morgan fingerprint density at radius 1 is 1.07 bits per heavy atom. The van der Waals surface area contributed by atoms with Crippen molar-refractivity contribution in [2.24, 2.45) is 27.6 Å². The molecule has 0 aliphatic rings. The lowest BCUT2D eigenvalue weighted by molar-refractivity contribution is 0.0882. The molecule has 2 unspecified atom stereocenters. The third kappa shape index (κ3) is 9.95. The highest BCUT2D eigenvalue weighted by Crippen LogP contribution is 2.29. The lowest BCUT2D eigenvalue weighted by Gasteiger charge is -2.27. The number of aliphatic hydroxyl groups is 2. The quantitative estimate of drug-likeness (QED) is 0.123. The zero-order chi connectivity index (χ0) is 21.2. The molecular formula is C18H38N8O2. The second kappa shape index (κ2) is 11.3. The molecule has 0 aromatic carbocycles. The summed E-state index contributed by atoms with van der Waals surface area (Å²) in [6.45, 7) is 8.43. The highest BCUT2D eigenvalue weighted by Gasteiger charge is 2.24. The first-order chi connectivity index (χ1) is 13.1. The van der Waals surface area contributed by atoms with E-state index in [-0.39, 0.29) is 10.8 Å². The van der Waals surface area contributed by atoms with Crippen molar-refractivity contribution in [2.75, 3.05) is 0 Å². The average Bonchev–Trinajstić information content (AvgIpc) is 3.13. The van der Waals surface area contributed by atoms with E-state index in [4.69, 9.17) is 11.7 Å². The molecule has 28 heavy (non-hydrogen) atoms. The number of hydrazone groups is 1. The number of hydrogen-bond acceptors (Lipinski definition) is 8. The van der Waals surface area contributed by atoms with Gasteiger partial charge in [0.25, 0.3) is 0 Å². The van der Waals surface area contributed by atoms with Gasteiger partial charge in [-0.25, -0.2) is 5.84 Å². The average molecular weight is 399 g/mol. The van der Waals surface area contributed by atoms with E-state index in [1.807, 2.05) is 0 Å². The van der Waals surface area contributed by atoms with Gasteiger partial charge >= 0.3 is 0 Å². The number of aliphatic hydroxyl groups excluding tert-OH is 2. The molecular weight excluding hydrogens is 360 g/mol. The molecule has 1 rings (SSSR count). The van der Waals surface area contributed by atoms with Gasteiger partial charge in [-0.05, 0) is 49.4 Å². The van der Waals surface area contributed by atoms with E-state index in [0.29, 0.717) is 50.2 Å². The van der Waals surface area contributed by atoms with Crippen LogP contribution in [0.4, 0.5) is 0 Å². The fourth-order valence-electron chi connectivity index (χ4n) is 3.24. The van der Waals surface area contributed by atoms with Gasteiger partial charge in [-0.3, -0.25) is 0 Å². The summed E-state index contributed by atoms with van der Waals surface area (Å²) in [5, 5.41) is 38.2. The summed E-state index contributed by atoms with van der Waals surface area (Å²) in [5.74, 6) is 11.9. The van der Waals surface area contributed by atoms with Crippen LogP contribution in [0.15, 0.2) is 5.10 Å². The van der Waals surface area contributed by atoms with E-state index in [2.05, 4.69) is 58.8 Å². The Hall–Kier alpha value is -1.78. The molecule has 1 aromatic heterocycles. The van der Waals surface area contributed by atoms with Crippen LogP contribution in [0.3, 0.4) is 0 Å². The topological polar surface area (TPSA) is 171 Å². The SMILES string of the molecule is CC(C)(CCC(O)CCC(O)CCC(C)(C)Cc1nn[nH]n1)C/C(=N/N)NN. The molecule has 10 heteroatoms. The summed E-state index contributed by atoms with van der Waals surface area (Å²) < 4.78 is 0. The van der Waals surface area contributed by atoms with Gasteiger partial charge in [0.1, 0.15) is 5.84 Å². The number of aromatic amines is 1. The normalized spacial score (nSPS) is 15.5. The second-order valence-corrected chi connectivity index (χ2v) is 9.19. The van der Waals surface area contributed by atoms with Crippen LogP contribution in [-0.4, -0.2) is 48.9 Å². The number of nitrogens with one attached hydrogen (secondary N) is 2. The van der Waals surface area contributed by atoms with Crippen molar-refractivity contribution in [3.63, 3.8) is 0 Å². The van der Waals surface area contributed by atoms with Crippen molar-refractivity contribution in [1.29, 1.82) is 0 Å². The molecule has 0 bridgehead atoms. The number of nitrogens with zero attached hydrogens (tertiary/aromatic N) is 4. The number of hydrazine groups is 1. The number of amidine groups is 1. The highest BCUT2D eigenvalue weighted by molar-refractivity contribution is 5.81. The molecule has 0 aliphatic heterocycles. The van der Waals surface area contributed by atoms with Gasteiger partial charge in [-0.15, -0.1) is 10.2 Å². The zero-order valence-corrected chi connectivity index (χ0v) is 17.6. The molecule has 0 spiro atoms. The minimum absolute atomic E-state index is 0.0211. The van der Waals surface area contributed by atoms with Crippen molar-refractivity contribution in [3.8, 4) is 0 Å². The van der Waals surface area contributed by atoms with E-state index in [1.54, 1.807) is 0 Å². The van der Waals surface area contributed by atoms with Crippen molar-refractivity contribution in [3.05, 3.63) is 5.82 Å². The summed E-state index contributed by atoms with van der Waals surface area (Å²) in [7, 11) is 0. The molecule has 10 nitrogen and oxygen atoms in total. The van der Waals surface area contributed by atoms with E-state index in [1.165, 1.54) is 0 Å². The summed E-state index contributed by atoms with van der Waals surface area (Å²) in [4.78, 5) is 0. The first-order valence-electron chi connectivity index (χ1n) is 9.89. The van der Waals surface area contributed by atoms with Crippen LogP contribution in [0, 0.1) is 10.8 Å². The number of aromatic nitrogens is 4. The zero-order valence-electron chi connectivity index (χ0n) is 17.6. The molecule has 0 aliphatic carbocycles. The fourth-order valence-corrected chi connectivity index (χ4v) is 3.24. The fraction of sp³-hybridized carbons (Fsp3) is 0.889. The van der Waals surface area contributed by atoms with Crippen molar-refractivity contribution in [1.82, 2.24) is 26.0 Å². The minimum Gasteiger partial charge on any atom is -0.393 e. The summed E-state index contributed by atoms with van der Waals surface area (Å²) in [5.41, 5.74) is 2.39. The van der Waals surface area contributed by atoms with Gasteiger partial charge in [0, 0.05) is 12.8 Å². The van der Waals surface area contributed by atoms with Crippen LogP contribution >= 0.6 is 0 Å². The van der Waals surface area contributed by atoms with Crippen molar-refractivity contribution in [2.45, 2.75) is 91.3 Å². The van der Waals surface area contributed by atoms with Crippen LogP contribution < -0.4 is 17.1 Å². The maximum Gasteiger partial charge on any atom is 0.175 e. The van der Waals surface area contributed by atoms with Gasteiger partial charge in [-0.2, -0.15) is 10.3 Å². The van der Waals surface area contributed by atoms with E-state index in [0.717, 1.165) is 12.8 Å². The second-order valence-electron chi connectivity index (χ2n) is 9.19. The third-order valence-corrected chi connectivity index (χ3v) is 5.14. The van der Waals surface area contributed by atoms with Crippen LogP contribution in [0.5, 0.6) is 0 Å². The lowest BCUT2D eigenvalue weighted by atomic mass is 9.81. The first-order valence-corrected chi connectivity index (χ1v) is 9.89. The van der Waals surface area contributed by atoms with Gasteiger partial charge in [0.15, 0.2) is 5.82 Å². The van der Waals surface area contributed by atoms with Crippen molar-refractivity contribution >= 4 is 5.84 Å². The molecule has 1 heterocycles. The minimum atomic E-state index is -0.439. The Bertz CT molecular complexity index is 574. The molecule has 162 valence electrons. The van der Waals surface area contributed by atoms with E-state index < -0.39 is 12.2 Å². The monoisotopic (exact) mass is 398 g/mol. The number of nitrogens with two attached hydrogens (primary N) is 2. The Kier molecular flexibility index (Phi) is 9.77. The molecule has 0 radical (unpaired) electrons. The molecule has 8 N–H and O–H groups in total. The van der Waals surface area contributed by atoms with Crippen LogP contribution in [0.25, 0.3) is 0 Å². The molecule has 2 atom stereocenters. The molecule has 0 saturated carbocycles. The molecule has 1 aromatic rings. The maximum atomic E-state index is 10.3. The van der Waals surface area contributed by atoms with Crippen LogP contribution in [0.2, 0.25) is 0 Å². The van der Waals surface area contributed by atoms with Gasteiger partial charge < -0.3 is 21.5 Å². The van der Waals surface area contributed by atoms with Crippen LogP contribution in [-0.2, 0) is 6.42 Å². The van der Waals surface area contributed by atoms with Crippen molar-refractivity contribution < 1.29 is 10.2 Å².